The Labute approximate surface area is 109 Å². The third-order valence-corrected chi connectivity index (χ3v) is 2.93. The van der Waals surface area contributed by atoms with E-state index >= 15 is 0 Å². The summed E-state index contributed by atoms with van der Waals surface area (Å²) in [5.41, 5.74) is 7.60. The molecule has 3 nitrogen and oxygen atoms in total. The number of anilines is 1. The Kier molecular flexibility index (Phi) is 3.41. The molecule has 5 heteroatoms. The molecule has 0 atom stereocenters. The highest BCUT2D eigenvalue weighted by Gasteiger charge is 2.14. The van der Waals surface area contributed by atoms with Crippen molar-refractivity contribution < 1.29 is 4.74 Å². The molecule has 0 amide bonds. The molecule has 1 aromatic carbocycles. The zero-order chi connectivity index (χ0) is 12.4. The van der Waals surface area contributed by atoms with Crippen LogP contribution in [0.1, 0.15) is 0 Å². The van der Waals surface area contributed by atoms with Gasteiger partial charge in [-0.05, 0) is 18.2 Å². The van der Waals surface area contributed by atoms with Crippen molar-refractivity contribution in [3.8, 4) is 17.0 Å². The first kappa shape index (κ1) is 12.0. The van der Waals surface area contributed by atoms with E-state index in [0.29, 0.717) is 32.7 Å². The van der Waals surface area contributed by atoms with Gasteiger partial charge in [-0.15, -0.1) is 0 Å². The number of ether oxygens (including phenoxy) is 1. The number of nitrogens with two attached hydrogens (primary N) is 1. The van der Waals surface area contributed by atoms with Crippen LogP contribution in [-0.4, -0.2) is 12.1 Å². The smallest absolute Gasteiger partial charge is 0.221 e. The van der Waals surface area contributed by atoms with Crippen molar-refractivity contribution in [2.75, 3.05) is 12.8 Å². The molecule has 1 aromatic heterocycles. The minimum atomic E-state index is 0.439. The van der Waals surface area contributed by atoms with E-state index in [9.17, 15) is 0 Å². The Hall–Kier alpha value is -1.45. The summed E-state index contributed by atoms with van der Waals surface area (Å²) >= 11 is 12.3. The van der Waals surface area contributed by atoms with Crippen molar-refractivity contribution in [1.82, 2.24) is 4.98 Å². The lowest BCUT2D eigenvalue weighted by atomic mass is 10.1. The molecule has 0 spiro atoms. The van der Waals surface area contributed by atoms with Crippen LogP contribution in [0.2, 0.25) is 10.0 Å². The molecule has 2 rings (SSSR count). The van der Waals surface area contributed by atoms with Crippen LogP contribution >= 0.6 is 23.2 Å². The molecule has 0 aliphatic rings. The fourth-order valence-electron chi connectivity index (χ4n) is 1.57. The predicted octanol–water partition coefficient (Wildman–Crippen LogP) is 3.65. The van der Waals surface area contributed by atoms with Gasteiger partial charge in [0.05, 0.1) is 29.0 Å². The zero-order valence-electron chi connectivity index (χ0n) is 9.08. The SMILES string of the molecule is COc1ncc(N)cc1-c1c(Cl)cccc1Cl. The molecule has 0 saturated carbocycles. The molecule has 2 aromatic rings. The average molecular weight is 269 g/mol. The van der Waals surface area contributed by atoms with Gasteiger partial charge in [0.1, 0.15) is 0 Å². The van der Waals surface area contributed by atoms with E-state index in [1.54, 1.807) is 24.3 Å². The highest BCUT2D eigenvalue weighted by Crippen LogP contribution is 2.39. The predicted molar refractivity (Wildman–Crippen MR) is 70.7 cm³/mol. The van der Waals surface area contributed by atoms with E-state index in [0.717, 1.165) is 0 Å². The van der Waals surface area contributed by atoms with Crippen LogP contribution in [0.5, 0.6) is 5.88 Å². The summed E-state index contributed by atoms with van der Waals surface area (Å²) in [6, 6.07) is 7.02. The van der Waals surface area contributed by atoms with E-state index in [-0.39, 0.29) is 0 Å². The Bertz CT molecular complexity index is 538. The highest BCUT2D eigenvalue weighted by molar-refractivity contribution is 6.39. The van der Waals surface area contributed by atoms with Gasteiger partial charge in [-0.25, -0.2) is 4.98 Å². The zero-order valence-corrected chi connectivity index (χ0v) is 10.6. The standard InChI is InChI=1S/C12H10Cl2N2O/c1-17-12-8(5-7(15)6-16-12)11-9(13)3-2-4-10(11)14/h2-6H,15H2,1H3. The van der Waals surface area contributed by atoms with Crippen LogP contribution in [0.3, 0.4) is 0 Å². The summed E-state index contributed by atoms with van der Waals surface area (Å²) in [5.74, 6) is 0.439. The number of nitrogens with zero attached hydrogens (tertiary/aromatic N) is 1. The molecular weight excluding hydrogens is 259 g/mol. The first-order valence-electron chi connectivity index (χ1n) is 4.87. The number of rotatable bonds is 2. The Balaban J connectivity index is 2.71. The van der Waals surface area contributed by atoms with Crippen LogP contribution in [0.25, 0.3) is 11.1 Å². The second-order valence-electron chi connectivity index (χ2n) is 3.42. The maximum atomic E-state index is 6.14. The summed E-state index contributed by atoms with van der Waals surface area (Å²) in [5, 5.41) is 1.06. The normalized spacial score (nSPS) is 10.3. The Morgan fingerprint density at radius 3 is 2.47 bits per heavy atom. The van der Waals surface area contributed by atoms with E-state index < -0.39 is 0 Å². The lowest BCUT2D eigenvalue weighted by molar-refractivity contribution is 0.400. The van der Waals surface area contributed by atoms with Crippen molar-refractivity contribution in [3.05, 3.63) is 40.5 Å². The van der Waals surface area contributed by atoms with E-state index in [2.05, 4.69) is 4.98 Å². The van der Waals surface area contributed by atoms with Gasteiger partial charge >= 0.3 is 0 Å². The molecule has 0 bridgehead atoms. The molecule has 0 aliphatic heterocycles. The second kappa shape index (κ2) is 4.82. The first-order valence-corrected chi connectivity index (χ1v) is 5.63. The third kappa shape index (κ3) is 2.30. The number of halogens is 2. The van der Waals surface area contributed by atoms with Crippen molar-refractivity contribution in [3.63, 3.8) is 0 Å². The molecule has 88 valence electrons. The number of pyridine rings is 1. The van der Waals surface area contributed by atoms with Crippen LogP contribution in [0, 0.1) is 0 Å². The number of aromatic nitrogens is 1. The number of hydrogen-bond donors (Lipinski definition) is 1. The number of nitrogen functional groups attached to an aromatic ring is 1. The van der Waals surface area contributed by atoms with E-state index in [4.69, 9.17) is 33.7 Å². The van der Waals surface area contributed by atoms with Gasteiger partial charge in [0.2, 0.25) is 5.88 Å². The topological polar surface area (TPSA) is 48.1 Å². The van der Waals surface area contributed by atoms with E-state index in [1.165, 1.54) is 13.3 Å². The van der Waals surface area contributed by atoms with Gasteiger partial charge in [-0.3, -0.25) is 0 Å². The maximum Gasteiger partial charge on any atom is 0.221 e. The summed E-state index contributed by atoms with van der Waals surface area (Å²) in [4.78, 5) is 4.09. The van der Waals surface area contributed by atoms with Crippen molar-refractivity contribution in [2.45, 2.75) is 0 Å². The lowest BCUT2D eigenvalue weighted by Gasteiger charge is -2.11. The van der Waals surface area contributed by atoms with Crippen LogP contribution in [-0.2, 0) is 0 Å². The van der Waals surface area contributed by atoms with Crippen molar-refractivity contribution >= 4 is 28.9 Å². The summed E-state index contributed by atoms with van der Waals surface area (Å²) in [7, 11) is 1.53. The molecule has 0 aliphatic carbocycles. The molecule has 17 heavy (non-hydrogen) atoms. The largest absolute Gasteiger partial charge is 0.481 e. The second-order valence-corrected chi connectivity index (χ2v) is 4.24. The summed E-state index contributed by atoms with van der Waals surface area (Å²) < 4.78 is 5.18. The van der Waals surface area contributed by atoms with Gasteiger partial charge in [0.25, 0.3) is 0 Å². The number of methoxy groups -OCH3 is 1. The minimum absolute atomic E-state index is 0.439. The Morgan fingerprint density at radius 1 is 1.24 bits per heavy atom. The van der Waals surface area contributed by atoms with Gasteiger partial charge < -0.3 is 10.5 Å². The molecule has 0 fully saturated rings. The van der Waals surface area contributed by atoms with Crippen LogP contribution in [0.4, 0.5) is 5.69 Å². The van der Waals surface area contributed by atoms with Gasteiger partial charge in [-0.2, -0.15) is 0 Å². The third-order valence-electron chi connectivity index (χ3n) is 2.30. The maximum absolute atomic E-state index is 6.14. The fraction of sp³-hybridized carbons (Fsp3) is 0.0833. The molecule has 0 unspecified atom stereocenters. The highest BCUT2D eigenvalue weighted by atomic mass is 35.5. The lowest BCUT2D eigenvalue weighted by Crippen LogP contribution is -1.95. The molecule has 1 heterocycles. The fourth-order valence-corrected chi connectivity index (χ4v) is 2.17. The van der Waals surface area contributed by atoms with Crippen LogP contribution in [0.15, 0.2) is 30.5 Å². The van der Waals surface area contributed by atoms with Crippen molar-refractivity contribution in [2.24, 2.45) is 0 Å². The van der Waals surface area contributed by atoms with Crippen LogP contribution < -0.4 is 10.5 Å². The molecule has 2 N–H and O–H groups in total. The molecular formula is C12H10Cl2N2O. The van der Waals surface area contributed by atoms with Gasteiger partial charge in [-0.1, -0.05) is 29.3 Å². The first-order chi connectivity index (χ1) is 8.13. The molecule has 0 radical (unpaired) electrons. The Morgan fingerprint density at radius 2 is 1.88 bits per heavy atom. The average Bonchev–Trinajstić information content (AvgIpc) is 2.29. The van der Waals surface area contributed by atoms with Gasteiger partial charge in [0, 0.05) is 11.1 Å². The quantitative estimate of drug-likeness (QED) is 0.905. The monoisotopic (exact) mass is 268 g/mol. The molecule has 0 saturated heterocycles. The summed E-state index contributed by atoms with van der Waals surface area (Å²) in [6.07, 6.45) is 1.52. The minimum Gasteiger partial charge on any atom is -0.481 e. The number of hydrogen-bond acceptors (Lipinski definition) is 3. The van der Waals surface area contributed by atoms with Gasteiger partial charge in [0.15, 0.2) is 0 Å². The van der Waals surface area contributed by atoms with E-state index in [1.807, 2.05) is 0 Å². The number of benzene rings is 1. The summed E-state index contributed by atoms with van der Waals surface area (Å²) in [6.45, 7) is 0. The van der Waals surface area contributed by atoms with Crippen molar-refractivity contribution in [1.29, 1.82) is 0 Å².